The highest BCUT2D eigenvalue weighted by Crippen LogP contribution is 2.32. The molecule has 2 aromatic rings. The lowest BCUT2D eigenvalue weighted by atomic mass is 10.2. The number of hydrogen-bond acceptors (Lipinski definition) is 4. The molecule has 1 heterocycles. The van der Waals surface area contributed by atoms with Gasteiger partial charge in [-0.2, -0.15) is 0 Å². The largest absolute Gasteiger partial charge is 0.454 e. The fraction of sp³-hybridized carbons (Fsp3) is 0.133. The minimum Gasteiger partial charge on any atom is -0.454 e. The zero-order valence-electron chi connectivity index (χ0n) is 10.6. The van der Waals surface area contributed by atoms with Gasteiger partial charge in [0.1, 0.15) is 6.61 Å². The predicted octanol–water partition coefficient (Wildman–Crippen LogP) is 3.62. The molecular formula is C15H12ClNO3. The Morgan fingerprint density at radius 2 is 1.90 bits per heavy atom. The topological polar surface area (TPSA) is 40.0 Å². The van der Waals surface area contributed by atoms with Gasteiger partial charge in [-0.1, -0.05) is 35.0 Å². The van der Waals surface area contributed by atoms with Crippen molar-refractivity contribution in [2.24, 2.45) is 5.16 Å². The highest BCUT2D eigenvalue weighted by molar-refractivity contribution is 6.30. The van der Waals surface area contributed by atoms with E-state index in [1.165, 1.54) is 0 Å². The SMILES string of the molecule is Clc1ccc(/C=N\OCc2ccc3c(c2)OCO3)cc1. The van der Waals surface area contributed by atoms with Crippen LogP contribution in [0.5, 0.6) is 11.5 Å². The molecule has 0 atom stereocenters. The van der Waals surface area contributed by atoms with E-state index in [0.717, 1.165) is 22.6 Å². The van der Waals surface area contributed by atoms with Crippen molar-refractivity contribution in [3.05, 3.63) is 58.6 Å². The molecule has 0 bridgehead atoms. The van der Waals surface area contributed by atoms with E-state index in [1.807, 2.05) is 30.3 Å². The van der Waals surface area contributed by atoms with E-state index in [0.29, 0.717) is 11.6 Å². The number of oxime groups is 1. The maximum Gasteiger partial charge on any atom is 0.231 e. The maximum absolute atomic E-state index is 5.80. The van der Waals surface area contributed by atoms with Crippen LogP contribution in [0.1, 0.15) is 11.1 Å². The lowest BCUT2D eigenvalue weighted by Gasteiger charge is -2.01. The van der Waals surface area contributed by atoms with Crippen molar-refractivity contribution in [2.45, 2.75) is 6.61 Å². The summed E-state index contributed by atoms with van der Waals surface area (Å²) in [5.41, 5.74) is 1.91. The number of benzene rings is 2. The van der Waals surface area contributed by atoms with Crippen LogP contribution in [-0.2, 0) is 11.4 Å². The molecule has 0 amide bonds. The summed E-state index contributed by atoms with van der Waals surface area (Å²) in [5, 5.41) is 4.62. The van der Waals surface area contributed by atoms with Crippen molar-refractivity contribution >= 4 is 17.8 Å². The number of ether oxygens (including phenoxy) is 2. The van der Waals surface area contributed by atoms with Crippen molar-refractivity contribution in [3.63, 3.8) is 0 Å². The van der Waals surface area contributed by atoms with Crippen molar-refractivity contribution in [2.75, 3.05) is 6.79 Å². The zero-order chi connectivity index (χ0) is 13.8. The van der Waals surface area contributed by atoms with E-state index in [-0.39, 0.29) is 6.79 Å². The van der Waals surface area contributed by atoms with Gasteiger partial charge >= 0.3 is 0 Å². The molecule has 1 aliphatic rings. The first-order valence-corrected chi connectivity index (χ1v) is 6.48. The zero-order valence-corrected chi connectivity index (χ0v) is 11.3. The molecule has 0 radical (unpaired) electrons. The van der Waals surface area contributed by atoms with Gasteiger partial charge in [-0.25, -0.2) is 0 Å². The Balaban J connectivity index is 1.56. The van der Waals surface area contributed by atoms with E-state index < -0.39 is 0 Å². The first kappa shape index (κ1) is 12.8. The molecule has 2 aromatic carbocycles. The molecule has 0 spiro atoms. The summed E-state index contributed by atoms with van der Waals surface area (Å²) in [6, 6.07) is 13.0. The predicted molar refractivity (Wildman–Crippen MR) is 76.4 cm³/mol. The Labute approximate surface area is 121 Å². The lowest BCUT2D eigenvalue weighted by Crippen LogP contribution is -1.93. The van der Waals surface area contributed by atoms with Gasteiger partial charge in [-0.05, 0) is 35.4 Å². The highest BCUT2D eigenvalue weighted by atomic mass is 35.5. The van der Waals surface area contributed by atoms with Crippen LogP contribution in [0.2, 0.25) is 5.02 Å². The number of fused-ring (bicyclic) bond motifs is 1. The van der Waals surface area contributed by atoms with Gasteiger partial charge in [0.05, 0.1) is 6.21 Å². The third-order valence-electron chi connectivity index (χ3n) is 2.81. The molecule has 5 heteroatoms. The molecule has 102 valence electrons. The summed E-state index contributed by atoms with van der Waals surface area (Å²) >= 11 is 5.80. The monoisotopic (exact) mass is 289 g/mol. The van der Waals surface area contributed by atoms with Crippen molar-refractivity contribution in [1.29, 1.82) is 0 Å². The Morgan fingerprint density at radius 3 is 2.75 bits per heavy atom. The Bertz CT molecular complexity index is 626. The summed E-state index contributed by atoms with van der Waals surface area (Å²) < 4.78 is 10.5. The van der Waals surface area contributed by atoms with Gasteiger partial charge in [0, 0.05) is 5.02 Å². The molecule has 0 fully saturated rings. The van der Waals surface area contributed by atoms with Gasteiger partial charge in [-0.15, -0.1) is 0 Å². The molecule has 1 aliphatic heterocycles. The third-order valence-corrected chi connectivity index (χ3v) is 3.07. The molecule has 0 aromatic heterocycles. The number of halogens is 1. The molecular weight excluding hydrogens is 278 g/mol. The standard InChI is InChI=1S/C15H12ClNO3/c16-13-4-1-11(2-5-13)8-17-20-9-12-3-6-14-15(7-12)19-10-18-14/h1-8H,9-10H2/b17-8-. The first-order chi connectivity index (χ1) is 9.81. The van der Waals surface area contributed by atoms with Crippen LogP contribution in [-0.4, -0.2) is 13.0 Å². The second-order valence-electron chi connectivity index (χ2n) is 4.25. The molecule has 0 N–H and O–H groups in total. The minimum absolute atomic E-state index is 0.272. The van der Waals surface area contributed by atoms with E-state index in [4.69, 9.17) is 25.9 Å². The molecule has 3 rings (SSSR count). The summed E-state index contributed by atoms with van der Waals surface area (Å²) in [5.74, 6) is 1.51. The second-order valence-corrected chi connectivity index (χ2v) is 4.68. The van der Waals surface area contributed by atoms with Gasteiger partial charge in [0.15, 0.2) is 11.5 Å². The van der Waals surface area contributed by atoms with Crippen molar-refractivity contribution in [1.82, 2.24) is 0 Å². The number of hydrogen-bond donors (Lipinski definition) is 0. The Hall–Kier alpha value is -2.20. The van der Waals surface area contributed by atoms with E-state index >= 15 is 0 Å². The summed E-state index contributed by atoms with van der Waals surface area (Å²) in [6.45, 7) is 0.648. The molecule has 0 aliphatic carbocycles. The van der Waals surface area contributed by atoms with E-state index in [2.05, 4.69) is 5.16 Å². The second kappa shape index (κ2) is 5.84. The Morgan fingerprint density at radius 1 is 1.10 bits per heavy atom. The lowest BCUT2D eigenvalue weighted by molar-refractivity contribution is 0.132. The highest BCUT2D eigenvalue weighted by Gasteiger charge is 2.12. The molecule has 0 unspecified atom stereocenters. The number of nitrogens with zero attached hydrogens (tertiary/aromatic N) is 1. The normalized spacial score (nSPS) is 12.8. The van der Waals surface area contributed by atoms with Gasteiger partial charge < -0.3 is 14.3 Å². The fourth-order valence-corrected chi connectivity index (χ4v) is 1.92. The molecule has 4 nitrogen and oxygen atoms in total. The smallest absolute Gasteiger partial charge is 0.231 e. The van der Waals surface area contributed by atoms with Crippen molar-refractivity contribution < 1.29 is 14.3 Å². The molecule has 20 heavy (non-hydrogen) atoms. The molecule has 0 saturated carbocycles. The van der Waals surface area contributed by atoms with Crippen LogP contribution >= 0.6 is 11.6 Å². The van der Waals surface area contributed by atoms with Crippen LogP contribution in [0.25, 0.3) is 0 Å². The quantitative estimate of drug-likeness (QED) is 0.637. The van der Waals surface area contributed by atoms with Gasteiger partial charge in [0.2, 0.25) is 6.79 Å². The average molecular weight is 290 g/mol. The average Bonchev–Trinajstić information content (AvgIpc) is 2.93. The van der Waals surface area contributed by atoms with Crippen LogP contribution < -0.4 is 9.47 Å². The third kappa shape index (κ3) is 3.03. The summed E-state index contributed by atoms with van der Waals surface area (Å²) in [6.07, 6.45) is 1.64. The van der Waals surface area contributed by atoms with Crippen LogP contribution in [0.4, 0.5) is 0 Å². The number of rotatable bonds is 4. The van der Waals surface area contributed by atoms with E-state index in [9.17, 15) is 0 Å². The maximum atomic E-state index is 5.80. The first-order valence-electron chi connectivity index (χ1n) is 6.11. The fourth-order valence-electron chi connectivity index (χ4n) is 1.79. The summed E-state index contributed by atoms with van der Waals surface area (Å²) in [7, 11) is 0. The summed E-state index contributed by atoms with van der Waals surface area (Å²) in [4.78, 5) is 5.25. The molecule has 0 saturated heterocycles. The van der Waals surface area contributed by atoms with Gasteiger partial charge in [0.25, 0.3) is 0 Å². The van der Waals surface area contributed by atoms with E-state index in [1.54, 1.807) is 18.3 Å². The van der Waals surface area contributed by atoms with Crippen LogP contribution in [0.3, 0.4) is 0 Å². The van der Waals surface area contributed by atoms with Crippen LogP contribution in [0, 0.1) is 0 Å². The minimum atomic E-state index is 0.272. The van der Waals surface area contributed by atoms with Crippen molar-refractivity contribution in [3.8, 4) is 11.5 Å². The van der Waals surface area contributed by atoms with Crippen LogP contribution in [0.15, 0.2) is 47.6 Å². The Kier molecular flexibility index (Phi) is 3.74. The van der Waals surface area contributed by atoms with Gasteiger partial charge in [-0.3, -0.25) is 0 Å².